The van der Waals surface area contributed by atoms with Crippen molar-refractivity contribution in [3.05, 3.63) is 29.8 Å². The number of carbonyl (C=O) groups excluding carboxylic acids is 2. The lowest BCUT2D eigenvalue weighted by atomic mass is 9.89. The Morgan fingerprint density at radius 1 is 1.27 bits per heavy atom. The van der Waals surface area contributed by atoms with Crippen LogP contribution >= 0.6 is 0 Å². The van der Waals surface area contributed by atoms with Crippen LogP contribution in [0.2, 0.25) is 0 Å². The maximum absolute atomic E-state index is 13.0. The molecule has 22 heavy (non-hydrogen) atoms. The summed E-state index contributed by atoms with van der Waals surface area (Å²) >= 11 is 0. The molecule has 2 atom stereocenters. The summed E-state index contributed by atoms with van der Waals surface area (Å²) in [6, 6.07) is 2.76. The van der Waals surface area contributed by atoms with E-state index in [1.807, 2.05) is 13.8 Å². The number of hydrogen-bond acceptors (Lipinski definition) is 3. The SMILES string of the molecule is CCC(C)C(C)(O)CNC(=O)C(=O)Nc1ccc(F)c(F)c1. The van der Waals surface area contributed by atoms with Crippen molar-refractivity contribution in [2.75, 3.05) is 11.9 Å². The van der Waals surface area contributed by atoms with Gasteiger partial charge in [-0.1, -0.05) is 20.3 Å². The molecule has 1 aromatic rings. The first-order valence-electron chi connectivity index (χ1n) is 6.94. The third kappa shape index (κ3) is 4.77. The van der Waals surface area contributed by atoms with E-state index in [2.05, 4.69) is 10.6 Å². The third-order valence-corrected chi connectivity index (χ3v) is 3.66. The molecule has 7 heteroatoms. The molecule has 2 amide bonds. The van der Waals surface area contributed by atoms with Crippen molar-refractivity contribution in [1.82, 2.24) is 5.32 Å². The Kier molecular flexibility index (Phi) is 5.99. The second-order valence-electron chi connectivity index (χ2n) is 5.43. The predicted molar refractivity (Wildman–Crippen MR) is 78.1 cm³/mol. The van der Waals surface area contributed by atoms with E-state index in [1.165, 1.54) is 0 Å². The lowest BCUT2D eigenvalue weighted by Gasteiger charge is -2.29. The molecular weight excluding hydrogens is 294 g/mol. The van der Waals surface area contributed by atoms with Crippen LogP contribution in [0, 0.1) is 17.6 Å². The lowest BCUT2D eigenvalue weighted by molar-refractivity contribution is -0.137. The number of carbonyl (C=O) groups is 2. The van der Waals surface area contributed by atoms with Gasteiger partial charge in [0.15, 0.2) is 11.6 Å². The average Bonchev–Trinajstić information content (AvgIpc) is 2.47. The standard InChI is InChI=1S/C15H20F2N2O3/c1-4-9(2)15(3,22)8-18-13(20)14(21)19-10-5-6-11(16)12(17)7-10/h5-7,9,22H,4,8H2,1-3H3,(H,18,20)(H,19,21). The maximum atomic E-state index is 13.0. The number of amides is 2. The second kappa shape index (κ2) is 7.31. The monoisotopic (exact) mass is 314 g/mol. The minimum Gasteiger partial charge on any atom is -0.388 e. The van der Waals surface area contributed by atoms with Crippen LogP contribution in [0.15, 0.2) is 18.2 Å². The third-order valence-electron chi connectivity index (χ3n) is 3.66. The predicted octanol–water partition coefficient (Wildman–Crippen LogP) is 1.82. The summed E-state index contributed by atoms with van der Waals surface area (Å²) in [6.45, 7) is 5.20. The van der Waals surface area contributed by atoms with Gasteiger partial charge in [-0.15, -0.1) is 0 Å². The number of halogens is 2. The quantitative estimate of drug-likeness (QED) is 0.725. The Labute approximate surface area is 127 Å². The highest BCUT2D eigenvalue weighted by atomic mass is 19.2. The van der Waals surface area contributed by atoms with E-state index in [4.69, 9.17) is 0 Å². The van der Waals surface area contributed by atoms with Crippen molar-refractivity contribution in [3.8, 4) is 0 Å². The van der Waals surface area contributed by atoms with Gasteiger partial charge in [-0.05, 0) is 25.0 Å². The minimum absolute atomic E-state index is 0.0345. The van der Waals surface area contributed by atoms with Gasteiger partial charge in [0.1, 0.15) is 0 Å². The van der Waals surface area contributed by atoms with Gasteiger partial charge < -0.3 is 15.7 Å². The smallest absolute Gasteiger partial charge is 0.313 e. The van der Waals surface area contributed by atoms with Crippen LogP contribution in [0.4, 0.5) is 14.5 Å². The number of aliphatic hydroxyl groups is 1. The zero-order chi connectivity index (χ0) is 16.9. The van der Waals surface area contributed by atoms with Crippen molar-refractivity contribution < 1.29 is 23.5 Å². The zero-order valence-electron chi connectivity index (χ0n) is 12.7. The summed E-state index contributed by atoms with van der Waals surface area (Å²) in [6.07, 6.45) is 0.712. The van der Waals surface area contributed by atoms with Gasteiger partial charge in [-0.3, -0.25) is 9.59 Å². The van der Waals surface area contributed by atoms with Crippen molar-refractivity contribution in [2.45, 2.75) is 32.8 Å². The lowest BCUT2D eigenvalue weighted by Crippen LogP contribution is -2.47. The van der Waals surface area contributed by atoms with Gasteiger partial charge in [0.25, 0.3) is 0 Å². The van der Waals surface area contributed by atoms with E-state index in [9.17, 15) is 23.5 Å². The second-order valence-corrected chi connectivity index (χ2v) is 5.43. The highest BCUT2D eigenvalue weighted by Gasteiger charge is 2.28. The Hall–Kier alpha value is -2.02. The fourth-order valence-electron chi connectivity index (χ4n) is 1.72. The summed E-state index contributed by atoms with van der Waals surface area (Å²) in [5.41, 5.74) is -1.18. The van der Waals surface area contributed by atoms with Crippen LogP contribution in [0.1, 0.15) is 27.2 Å². The number of anilines is 1. The molecular formula is C15H20F2N2O3. The number of hydrogen-bond donors (Lipinski definition) is 3. The molecule has 0 saturated heterocycles. The molecule has 0 aliphatic rings. The topological polar surface area (TPSA) is 78.4 Å². The van der Waals surface area contributed by atoms with Crippen LogP contribution in [0.25, 0.3) is 0 Å². The molecule has 122 valence electrons. The molecule has 2 unspecified atom stereocenters. The highest BCUT2D eigenvalue weighted by molar-refractivity contribution is 6.39. The number of rotatable bonds is 5. The number of nitrogens with one attached hydrogen (secondary N) is 2. The summed E-state index contributed by atoms with van der Waals surface area (Å²) in [4.78, 5) is 23.3. The molecule has 0 aliphatic heterocycles. The molecule has 1 rings (SSSR count). The Morgan fingerprint density at radius 3 is 2.45 bits per heavy atom. The van der Waals surface area contributed by atoms with Gasteiger partial charge in [-0.2, -0.15) is 0 Å². The molecule has 0 spiro atoms. The molecule has 0 aliphatic carbocycles. The van der Waals surface area contributed by atoms with Crippen LogP contribution in [-0.4, -0.2) is 29.1 Å². The zero-order valence-corrected chi connectivity index (χ0v) is 12.7. The molecule has 3 N–H and O–H groups in total. The van der Waals surface area contributed by atoms with E-state index < -0.39 is 29.0 Å². The molecule has 0 fully saturated rings. The van der Waals surface area contributed by atoms with E-state index in [0.29, 0.717) is 6.42 Å². The van der Waals surface area contributed by atoms with Gasteiger partial charge >= 0.3 is 11.8 Å². The normalized spacial score (nSPS) is 14.8. The summed E-state index contributed by atoms with van der Waals surface area (Å²) < 4.78 is 25.8. The number of benzene rings is 1. The largest absolute Gasteiger partial charge is 0.388 e. The fourth-order valence-corrected chi connectivity index (χ4v) is 1.72. The molecule has 0 saturated carbocycles. The van der Waals surface area contributed by atoms with E-state index in [-0.39, 0.29) is 18.2 Å². The average molecular weight is 314 g/mol. The highest BCUT2D eigenvalue weighted by Crippen LogP contribution is 2.18. The summed E-state index contributed by atoms with van der Waals surface area (Å²) in [5, 5.41) is 14.6. The van der Waals surface area contributed by atoms with Crippen LogP contribution in [0.3, 0.4) is 0 Å². The molecule has 0 bridgehead atoms. The molecule has 5 nitrogen and oxygen atoms in total. The van der Waals surface area contributed by atoms with E-state index in [1.54, 1.807) is 6.92 Å². The first-order chi connectivity index (χ1) is 10.2. The Balaban J connectivity index is 2.59. The Bertz CT molecular complexity index is 562. The molecule has 0 aromatic heterocycles. The van der Waals surface area contributed by atoms with E-state index >= 15 is 0 Å². The molecule has 0 heterocycles. The fraction of sp³-hybridized carbons (Fsp3) is 0.467. The van der Waals surface area contributed by atoms with Crippen LogP contribution in [0.5, 0.6) is 0 Å². The molecule has 1 aromatic carbocycles. The van der Waals surface area contributed by atoms with Crippen molar-refractivity contribution >= 4 is 17.5 Å². The van der Waals surface area contributed by atoms with Gasteiger partial charge in [0, 0.05) is 18.3 Å². The first kappa shape index (κ1) is 18.0. The minimum atomic E-state index is -1.15. The summed E-state index contributed by atoms with van der Waals surface area (Å²) in [5.74, 6) is -4.23. The maximum Gasteiger partial charge on any atom is 0.313 e. The van der Waals surface area contributed by atoms with E-state index in [0.717, 1.165) is 18.2 Å². The van der Waals surface area contributed by atoms with Crippen molar-refractivity contribution in [3.63, 3.8) is 0 Å². The van der Waals surface area contributed by atoms with Crippen LogP contribution < -0.4 is 10.6 Å². The van der Waals surface area contributed by atoms with Crippen LogP contribution in [-0.2, 0) is 9.59 Å². The molecule has 0 radical (unpaired) electrons. The van der Waals surface area contributed by atoms with Crippen molar-refractivity contribution in [1.29, 1.82) is 0 Å². The van der Waals surface area contributed by atoms with Gasteiger partial charge in [-0.25, -0.2) is 8.78 Å². The van der Waals surface area contributed by atoms with Crippen molar-refractivity contribution in [2.24, 2.45) is 5.92 Å². The first-order valence-corrected chi connectivity index (χ1v) is 6.94. The summed E-state index contributed by atoms with van der Waals surface area (Å²) in [7, 11) is 0. The van der Waals surface area contributed by atoms with Gasteiger partial charge in [0.05, 0.1) is 5.60 Å². The van der Waals surface area contributed by atoms with Gasteiger partial charge in [0.2, 0.25) is 0 Å². The Morgan fingerprint density at radius 2 is 1.91 bits per heavy atom.